The fourth-order valence-corrected chi connectivity index (χ4v) is 0. The Bertz CT molecular complexity index is 44.3. The molecule has 0 aliphatic rings. The van der Waals surface area contributed by atoms with Crippen molar-refractivity contribution in [1.29, 1.82) is 0 Å². The van der Waals surface area contributed by atoms with Crippen molar-refractivity contribution >= 4 is 0 Å². The lowest BCUT2D eigenvalue weighted by atomic mass is 10.8. The van der Waals surface area contributed by atoms with Crippen LogP contribution in [-0.4, -0.2) is 29.9 Å². The Morgan fingerprint density at radius 2 is 1.00 bits per heavy atom. The first-order chi connectivity index (χ1) is 3.91. The third kappa shape index (κ3) is 593. The number of alkyl halides is 4. The van der Waals surface area contributed by atoms with Crippen LogP contribution in [0.2, 0.25) is 0 Å². The predicted octanol–water partition coefficient (Wildman–Crippen LogP) is 0.447. The molecule has 0 aromatic rings. The van der Waals surface area contributed by atoms with Crippen LogP contribution in [0.5, 0.6) is 0 Å². The summed E-state index contributed by atoms with van der Waals surface area (Å²) < 4.78 is 38.8. The molecule has 6 heteroatoms. The number of rotatable bonds is 1. The smallest absolute Gasteiger partial charge is 0.394 e. The van der Waals surface area contributed by atoms with Gasteiger partial charge in [0.2, 0.25) is 0 Å². The van der Waals surface area contributed by atoms with Gasteiger partial charge in [0.15, 0.2) is 0 Å². The van der Waals surface area contributed by atoms with Crippen LogP contribution in [0.4, 0.5) is 17.6 Å². The highest BCUT2D eigenvalue weighted by molar-refractivity contribution is 4.08. The van der Waals surface area contributed by atoms with Crippen molar-refractivity contribution in [3.8, 4) is 0 Å². The zero-order chi connectivity index (χ0) is 7.91. The molecule has 0 bridgehead atoms. The molecule has 0 radical (unpaired) electrons. The third-order valence-corrected chi connectivity index (χ3v) is 0.1000. The number of aliphatic hydroxyl groups is 2. The molecule has 0 aromatic heterocycles. The summed E-state index contributed by atoms with van der Waals surface area (Å²) in [5, 5.41) is 15.2. The van der Waals surface area contributed by atoms with Crippen LogP contribution in [-0.2, 0) is 0 Å². The van der Waals surface area contributed by atoms with Gasteiger partial charge in [-0.15, -0.1) is 17.6 Å². The van der Waals surface area contributed by atoms with Crippen molar-refractivity contribution in [2.75, 3.05) is 13.2 Å². The van der Waals surface area contributed by atoms with Gasteiger partial charge in [-0.25, -0.2) is 0 Å². The van der Waals surface area contributed by atoms with Crippen LogP contribution in [0.15, 0.2) is 0 Å². The summed E-state index contributed by atoms with van der Waals surface area (Å²) in [6.45, 7) is -0.250. The zero-order valence-electron chi connectivity index (χ0n) is 4.32. The molecule has 0 amide bonds. The lowest BCUT2D eigenvalue weighted by Crippen LogP contribution is -1.92. The Balaban J connectivity index is 0. The van der Waals surface area contributed by atoms with E-state index >= 15 is 0 Å². The molecule has 2 N–H and O–H groups in total. The van der Waals surface area contributed by atoms with Crippen molar-refractivity contribution in [2.24, 2.45) is 0 Å². The van der Waals surface area contributed by atoms with Crippen molar-refractivity contribution in [1.82, 2.24) is 0 Å². The summed E-state index contributed by atoms with van der Waals surface area (Å²) in [7, 11) is 0. The highest BCUT2D eigenvalue weighted by Crippen LogP contribution is 2.13. The Kier molecular flexibility index (Phi) is 7.33. The summed E-state index contributed by atoms with van der Waals surface area (Å²) in [5.74, 6) is 0. The lowest BCUT2D eigenvalue weighted by Gasteiger charge is -1.82. The minimum Gasteiger partial charge on any atom is -0.394 e. The molecule has 0 heterocycles. The molecule has 9 heavy (non-hydrogen) atoms. The van der Waals surface area contributed by atoms with Gasteiger partial charge in [-0.3, -0.25) is 0 Å². The molecular formula is C3H6F4O2. The maximum Gasteiger partial charge on any atom is 0.559 e. The Labute approximate surface area is 48.7 Å². The van der Waals surface area contributed by atoms with E-state index in [1.807, 2.05) is 0 Å². The Hall–Kier alpha value is -0.360. The summed E-state index contributed by atoms with van der Waals surface area (Å²) in [6, 6.07) is 0. The van der Waals surface area contributed by atoms with Crippen molar-refractivity contribution in [3.05, 3.63) is 0 Å². The molecule has 58 valence electrons. The molecule has 0 rings (SSSR count). The van der Waals surface area contributed by atoms with Crippen LogP contribution in [0, 0.1) is 0 Å². The van der Waals surface area contributed by atoms with Gasteiger partial charge in [-0.1, -0.05) is 0 Å². The SMILES string of the molecule is FC(F)(F)F.OCCO. The average Bonchev–Trinajstić information content (AvgIpc) is 1.61. The maximum absolute atomic E-state index is 9.69. The van der Waals surface area contributed by atoms with E-state index in [2.05, 4.69) is 0 Å². The topological polar surface area (TPSA) is 40.5 Å². The van der Waals surface area contributed by atoms with Gasteiger partial charge in [-0.2, -0.15) is 0 Å². The zero-order valence-corrected chi connectivity index (χ0v) is 4.32. The second-order valence-corrected chi connectivity index (χ2v) is 0.876. The quantitative estimate of drug-likeness (QED) is 0.532. The fourth-order valence-electron chi connectivity index (χ4n) is 0. The highest BCUT2D eigenvalue weighted by atomic mass is 19.5. The van der Waals surface area contributed by atoms with Gasteiger partial charge in [0, 0.05) is 0 Å². The molecule has 0 atom stereocenters. The summed E-state index contributed by atoms with van der Waals surface area (Å²) in [6.07, 6.45) is -5.50. The summed E-state index contributed by atoms with van der Waals surface area (Å²) >= 11 is 0. The molecule has 0 aromatic carbocycles. The summed E-state index contributed by atoms with van der Waals surface area (Å²) in [4.78, 5) is 0. The maximum atomic E-state index is 9.69. The van der Waals surface area contributed by atoms with Gasteiger partial charge < -0.3 is 10.2 Å². The second kappa shape index (κ2) is 5.77. The van der Waals surface area contributed by atoms with E-state index in [1.165, 1.54) is 0 Å². The van der Waals surface area contributed by atoms with Gasteiger partial charge in [0.05, 0.1) is 13.2 Å². The Morgan fingerprint density at radius 3 is 1.00 bits per heavy atom. The molecule has 0 saturated heterocycles. The van der Waals surface area contributed by atoms with Crippen LogP contribution in [0.3, 0.4) is 0 Å². The highest BCUT2D eigenvalue weighted by Gasteiger charge is 2.24. The molecule has 0 unspecified atom stereocenters. The molecule has 0 spiro atoms. The van der Waals surface area contributed by atoms with Gasteiger partial charge in [0.25, 0.3) is 0 Å². The van der Waals surface area contributed by atoms with Crippen LogP contribution in [0.25, 0.3) is 0 Å². The lowest BCUT2D eigenvalue weighted by molar-refractivity contribution is -0.237. The molecular weight excluding hydrogens is 144 g/mol. The van der Waals surface area contributed by atoms with Crippen molar-refractivity contribution in [3.63, 3.8) is 0 Å². The molecule has 0 aliphatic heterocycles. The first-order valence-corrected chi connectivity index (χ1v) is 1.89. The predicted molar refractivity (Wildman–Crippen MR) is 21.3 cm³/mol. The molecule has 0 aliphatic carbocycles. The van der Waals surface area contributed by atoms with Gasteiger partial charge in [0.1, 0.15) is 0 Å². The van der Waals surface area contributed by atoms with E-state index in [9.17, 15) is 17.6 Å². The normalized spacial score (nSPS) is 10.0. The second-order valence-electron chi connectivity index (χ2n) is 0.876. The number of hydrogen-bond acceptors (Lipinski definition) is 2. The number of aliphatic hydroxyl groups excluding tert-OH is 2. The monoisotopic (exact) mass is 150 g/mol. The van der Waals surface area contributed by atoms with Crippen LogP contribution in [0.1, 0.15) is 0 Å². The minimum atomic E-state index is -5.50. The Morgan fingerprint density at radius 1 is 0.889 bits per heavy atom. The first-order valence-electron chi connectivity index (χ1n) is 1.89. The standard InChI is InChI=1S/C2H6O2.CF4/c3-1-2-4;2-1(3,4)5/h3-4H,1-2H2;. The van der Waals surface area contributed by atoms with E-state index in [0.717, 1.165) is 0 Å². The average molecular weight is 150 g/mol. The van der Waals surface area contributed by atoms with Crippen LogP contribution < -0.4 is 0 Å². The number of halogens is 4. The van der Waals surface area contributed by atoms with Gasteiger partial charge >= 0.3 is 6.43 Å². The van der Waals surface area contributed by atoms with Crippen molar-refractivity contribution < 1.29 is 27.8 Å². The molecule has 0 saturated carbocycles. The number of hydrogen-bond donors (Lipinski definition) is 2. The fraction of sp³-hybridized carbons (Fsp3) is 1.00. The molecule has 0 fully saturated rings. The van der Waals surface area contributed by atoms with E-state index < -0.39 is 6.43 Å². The summed E-state index contributed by atoms with van der Waals surface area (Å²) in [5.41, 5.74) is 0. The van der Waals surface area contributed by atoms with E-state index in [0.29, 0.717) is 0 Å². The van der Waals surface area contributed by atoms with E-state index in [-0.39, 0.29) is 13.2 Å². The first kappa shape index (κ1) is 11.4. The minimum absolute atomic E-state index is 0.125. The van der Waals surface area contributed by atoms with Crippen LogP contribution >= 0.6 is 0 Å². The van der Waals surface area contributed by atoms with E-state index in [1.54, 1.807) is 0 Å². The van der Waals surface area contributed by atoms with E-state index in [4.69, 9.17) is 10.2 Å². The van der Waals surface area contributed by atoms with Gasteiger partial charge in [-0.05, 0) is 0 Å². The molecule has 2 nitrogen and oxygen atoms in total. The third-order valence-electron chi connectivity index (χ3n) is 0.1000. The van der Waals surface area contributed by atoms with Crippen molar-refractivity contribution in [2.45, 2.75) is 6.43 Å². The largest absolute Gasteiger partial charge is 0.559 e.